The third-order valence-corrected chi connectivity index (χ3v) is 3.82. The Balaban J connectivity index is 1.93. The van der Waals surface area contributed by atoms with Crippen molar-refractivity contribution in [2.75, 3.05) is 31.7 Å². The van der Waals surface area contributed by atoms with Gasteiger partial charge in [0.15, 0.2) is 0 Å². The van der Waals surface area contributed by atoms with Crippen LogP contribution in [0.5, 0.6) is 0 Å². The van der Waals surface area contributed by atoms with Crippen LogP contribution in [0.4, 0.5) is 5.69 Å². The summed E-state index contributed by atoms with van der Waals surface area (Å²) in [5, 5.41) is 0. The number of nitrogens with zero attached hydrogens (tertiary/aromatic N) is 2. The van der Waals surface area contributed by atoms with E-state index in [2.05, 4.69) is 29.9 Å². The van der Waals surface area contributed by atoms with E-state index < -0.39 is 0 Å². The van der Waals surface area contributed by atoms with Crippen LogP contribution in [0.3, 0.4) is 0 Å². The van der Waals surface area contributed by atoms with Gasteiger partial charge in [-0.3, -0.25) is 4.98 Å². The third kappa shape index (κ3) is 3.91. The highest BCUT2D eigenvalue weighted by Gasteiger charge is 2.16. The Morgan fingerprint density at radius 3 is 2.95 bits per heavy atom. The molecule has 2 atom stereocenters. The Kier molecular flexibility index (Phi) is 5.16. The minimum absolute atomic E-state index is 0.0473. The van der Waals surface area contributed by atoms with Gasteiger partial charge in [0.2, 0.25) is 0 Å². The summed E-state index contributed by atoms with van der Waals surface area (Å²) in [6.45, 7) is 4.91. The number of pyridine rings is 1. The summed E-state index contributed by atoms with van der Waals surface area (Å²) in [7, 11) is 2.12. The highest BCUT2D eigenvalue weighted by molar-refractivity contribution is 5.43. The van der Waals surface area contributed by atoms with Gasteiger partial charge in [0.25, 0.3) is 0 Å². The molecule has 0 aliphatic carbocycles. The molecule has 1 aliphatic heterocycles. The van der Waals surface area contributed by atoms with Gasteiger partial charge in [0.05, 0.1) is 24.2 Å². The van der Waals surface area contributed by atoms with Gasteiger partial charge in [0, 0.05) is 26.2 Å². The van der Waals surface area contributed by atoms with Crippen molar-refractivity contribution < 1.29 is 4.74 Å². The van der Waals surface area contributed by atoms with E-state index in [0.29, 0.717) is 5.92 Å². The molecule has 0 aromatic carbocycles. The Labute approximate surface area is 116 Å². The van der Waals surface area contributed by atoms with Crippen LogP contribution in [0.1, 0.15) is 37.9 Å². The van der Waals surface area contributed by atoms with E-state index in [-0.39, 0.29) is 6.04 Å². The molecular weight excluding hydrogens is 238 g/mol. The van der Waals surface area contributed by atoms with Gasteiger partial charge in [-0.2, -0.15) is 0 Å². The van der Waals surface area contributed by atoms with Crippen LogP contribution in [0.25, 0.3) is 0 Å². The summed E-state index contributed by atoms with van der Waals surface area (Å²) in [5.41, 5.74) is 8.10. The van der Waals surface area contributed by atoms with Gasteiger partial charge in [-0.1, -0.05) is 6.92 Å². The molecule has 0 bridgehead atoms. The average Bonchev–Trinajstić information content (AvgIpc) is 2.47. The third-order valence-electron chi connectivity index (χ3n) is 3.82. The molecule has 1 unspecified atom stereocenters. The quantitative estimate of drug-likeness (QED) is 0.886. The minimum atomic E-state index is 0.0473. The number of ether oxygens (including phenoxy) is 1. The van der Waals surface area contributed by atoms with Crippen LogP contribution in [-0.2, 0) is 4.74 Å². The van der Waals surface area contributed by atoms with Gasteiger partial charge in [-0.15, -0.1) is 0 Å². The summed E-state index contributed by atoms with van der Waals surface area (Å²) in [5.74, 6) is 0.635. The number of aromatic nitrogens is 1. The molecule has 1 fully saturated rings. The maximum absolute atomic E-state index is 5.98. The van der Waals surface area contributed by atoms with Gasteiger partial charge < -0.3 is 15.4 Å². The zero-order valence-corrected chi connectivity index (χ0v) is 12.0. The fraction of sp³-hybridized carbons (Fsp3) is 0.667. The van der Waals surface area contributed by atoms with Crippen LogP contribution < -0.4 is 10.6 Å². The smallest absolute Gasteiger partial charge is 0.0572 e. The number of rotatable bonds is 5. The van der Waals surface area contributed by atoms with Crippen molar-refractivity contribution in [2.45, 2.75) is 32.2 Å². The van der Waals surface area contributed by atoms with Crippen molar-refractivity contribution >= 4 is 5.69 Å². The monoisotopic (exact) mass is 263 g/mol. The molecule has 0 amide bonds. The lowest BCUT2D eigenvalue weighted by atomic mass is 10.0. The molecule has 1 aromatic rings. The van der Waals surface area contributed by atoms with Crippen LogP contribution in [0.15, 0.2) is 18.3 Å². The lowest BCUT2D eigenvalue weighted by Gasteiger charge is -2.28. The first-order chi connectivity index (χ1) is 9.20. The maximum atomic E-state index is 5.98. The second-order valence-corrected chi connectivity index (χ2v) is 5.42. The van der Waals surface area contributed by atoms with Gasteiger partial charge in [0.1, 0.15) is 0 Å². The predicted octanol–water partition coefficient (Wildman–Crippen LogP) is 2.35. The van der Waals surface area contributed by atoms with E-state index in [4.69, 9.17) is 10.5 Å². The summed E-state index contributed by atoms with van der Waals surface area (Å²) >= 11 is 0. The van der Waals surface area contributed by atoms with Crippen LogP contribution >= 0.6 is 0 Å². The lowest BCUT2D eigenvalue weighted by molar-refractivity contribution is 0.0576. The van der Waals surface area contributed by atoms with Gasteiger partial charge in [-0.05, 0) is 37.3 Å². The highest BCUT2D eigenvalue weighted by Crippen LogP contribution is 2.20. The molecule has 1 aromatic heterocycles. The van der Waals surface area contributed by atoms with E-state index in [1.54, 1.807) is 0 Å². The normalized spacial score (nSPS) is 21.1. The zero-order chi connectivity index (χ0) is 13.7. The molecule has 0 saturated carbocycles. The first kappa shape index (κ1) is 14.3. The molecular formula is C15H25N3O. The minimum Gasteiger partial charge on any atom is -0.381 e. The van der Waals surface area contributed by atoms with Crippen molar-refractivity contribution in [3.05, 3.63) is 24.0 Å². The first-order valence-corrected chi connectivity index (χ1v) is 7.21. The number of nitrogens with two attached hydrogens (primary N) is 1. The van der Waals surface area contributed by atoms with E-state index in [1.165, 1.54) is 12.8 Å². The summed E-state index contributed by atoms with van der Waals surface area (Å²) in [4.78, 5) is 6.72. The van der Waals surface area contributed by atoms with Crippen molar-refractivity contribution in [3.63, 3.8) is 0 Å². The molecule has 1 saturated heterocycles. The van der Waals surface area contributed by atoms with E-state index >= 15 is 0 Å². The van der Waals surface area contributed by atoms with Crippen LogP contribution in [0, 0.1) is 5.92 Å². The molecule has 0 radical (unpaired) electrons. The molecule has 2 N–H and O–H groups in total. The molecule has 2 heterocycles. The van der Waals surface area contributed by atoms with Crippen molar-refractivity contribution in [1.82, 2.24) is 4.98 Å². The van der Waals surface area contributed by atoms with E-state index in [1.807, 2.05) is 12.3 Å². The Hall–Kier alpha value is -1.13. The Bertz CT molecular complexity index is 373. The van der Waals surface area contributed by atoms with Crippen LogP contribution in [-0.4, -0.2) is 31.8 Å². The highest BCUT2D eigenvalue weighted by atomic mass is 16.5. The maximum Gasteiger partial charge on any atom is 0.0572 e. The molecule has 106 valence electrons. The number of hydrogen-bond acceptors (Lipinski definition) is 4. The second-order valence-electron chi connectivity index (χ2n) is 5.42. The van der Waals surface area contributed by atoms with Crippen molar-refractivity contribution in [1.29, 1.82) is 0 Å². The summed E-state index contributed by atoms with van der Waals surface area (Å²) in [6.07, 6.45) is 5.29. The molecule has 0 spiro atoms. The largest absolute Gasteiger partial charge is 0.381 e. The van der Waals surface area contributed by atoms with Crippen molar-refractivity contribution in [3.8, 4) is 0 Å². The zero-order valence-electron chi connectivity index (χ0n) is 12.0. The Morgan fingerprint density at radius 2 is 2.37 bits per heavy atom. The summed E-state index contributed by atoms with van der Waals surface area (Å²) in [6, 6.07) is 4.20. The molecule has 4 nitrogen and oxygen atoms in total. The predicted molar refractivity (Wildman–Crippen MR) is 78.3 cm³/mol. The summed E-state index contributed by atoms with van der Waals surface area (Å²) < 4.78 is 5.53. The molecule has 2 rings (SSSR count). The topological polar surface area (TPSA) is 51.4 Å². The SMILES string of the molecule is CC[C@H](N)c1ccc(N(C)CC2CCCOC2)cn1. The van der Waals surface area contributed by atoms with E-state index in [0.717, 1.165) is 37.6 Å². The average molecular weight is 263 g/mol. The molecule has 4 heteroatoms. The van der Waals surface area contributed by atoms with Gasteiger partial charge in [-0.25, -0.2) is 0 Å². The second kappa shape index (κ2) is 6.87. The molecule has 19 heavy (non-hydrogen) atoms. The van der Waals surface area contributed by atoms with Gasteiger partial charge >= 0.3 is 0 Å². The molecule has 1 aliphatic rings. The lowest BCUT2D eigenvalue weighted by Crippen LogP contribution is -2.30. The number of anilines is 1. The fourth-order valence-corrected chi connectivity index (χ4v) is 2.50. The van der Waals surface area contributed by atoms with Crippen LogP contribution in [0.2, 0.25) is 0 Å². The van der Waals surface area contributed by atoms with E-state index in [9.17, 15) is 0 Å². The van der Waals surface area contributed by atoms with Crippen molar-refractivity contribution in [2.24, 2.45) is 11.7 Å². The standard InChI is InChI=1S/C15H25N3O/c1-3-14(16)15-7-6-13(9-17-15)18(2)10-12-5-4-8-19-11-12/h6-7,9,12,14H,3-5,8,10-11,16H2,1-2H3/t12?,14-/m0/s1. The first-order valence-electron chi connectivity index (χ1n) is 7.21. The fourth-order valence-electron chi connectivity index (χ4n) is 2.50. The Morgan fingerprint density at radius 1 is 1.53 bits per heavy atom. The number of hydrogen-bond donors (Lipinski definition) is 1.